The van der Waals surface area contributed by atoms with Crippen LogP contribution in [0, 0.1) is 0 Å². The number of nitrogens with one attached hydrogen (secondary N) is 1. The van der Waals surface area contributed by atoms with E-state index in [9.17, 15) is 9.59 Å². The van der Waals surface area contributed by atoms with Crippen LogP contribution in [0.5, 0.6) is 0 Å². The number of pyridine rings is 1. The van der Waals surface area contributed by atoms with Gasteiger partial charge in [0.25, 0.3) is 0 Å². The Morgan fingerprint density at radius 2 is 2.40 bits per heavy atom. The van der Waals surface area contributed by atoms with Crippen LogP contribution in [-0.4, -0.2) is 17.2 Å². The van der Waals surface area contributed by atoms with E-state index in [1.54, 1.807) is 18.3 Å². The molecule has 1 N–H and O–H groups in total. The standard InChI is InChI=1S/C10H8N2O3/c1-6(14)9-8(12-5-13)7-3-2-4-11-10(7)15-9/h2-5H,1H3,(H,12,13). The predicted molar refractivity (Wildman–Crippen MR) is 53.7 cm³/mol. The van der Waals surface area contributed by atoms with Crippen LogP contribution in [0.1, 0.15) is 17.5 Å². The summed E-state index contributed by atoms with van der Waals surface area (Å²) in [6.45, 7) is 1.37. The predicted octanol–water partition coefficient (Wildman–Crippen LogP) is 1.60. The molecule has 0 spiro atoms. The van der Waals surface area contributed by atoms with E-state index in [1.165, 1.54) is 6.92 Å². The fourth-order valence-corrected chi connectivity index (χ4v) is 1.38. The Balaban J connectivity index is 2.73. The van der Waals surface area contributed by atoms with Gasteiger partial charge in [-0.15, -0.1) is 0 Å². The average molecular weight is 204 g/mol. The normalized spacial score (nSPS) is 10.2. The van der Waals surface area contributed by atoms with Gasteiger partial charge < -0.3 is 9.73 Å². The molecule has 5 heteroatoms. The molecule has 0 aliphatic rings. The third kappa shape index (κ3) is 1.48. The van der Waals surface area contributed by atoms with Crippen molar-refractivity contribution in [3.63, 3.8) is 0 Å². The van der Waals surface area contributed by atoms with Crippen molar-refractivity contribution in [2.75, 3.05) is 5.32 Å². The SMILES string of the molecule is CC(=O)c1oc2ncccc2c1NC=O. The van der Waals surface area contributed by atoms with E-state index < -0.39 is 0 Å². The minimum atomic E-state index is -0.252. The first-order valence-electron chi connectivity index (χ1n) is 4.32. The van der Waals surface area contributed by atoms with Crippen molar-refractivity contribution in [2.24, 2.45) is 0 Å². The van der Waals surface area contributed by atoms with Crippen molar-refractivity contribution in [1.29, 1.82) is 0 Å². The lowest BCUT2D eigenvalue weighted by Gasteiger charge is -1.95. The quantitative estimate of drug-likeness (QED) is 0.608. The van der Waals surface area contributed by atoms with Gasteiger partial charge in [-0.3, -0.25) is 9.59 Å². The number of aromatic nitrogens is 1. The van der Waals surface area contributed by atoms with E-state index in [2.05, 4.69) is 10.3 Å². The fraction of sp³-hybridized carbons (Fsp3) is 0.100. The second-order valence-corrected chi connectivity index (χ2v) is 2.98. The van der Waals surface area contributed by atoms with Crippen molar-refractivity contribution >= 4 is 29.0 Å². The van der Waals surface area contributed by atoms with Gasteiger partial charge in [0.15, 0.2) is 11.5 Å². The van der Waals surface area contributed by atoms with Gasteiger partial charge in [-0.05, 0) is 12.1 Å². The van der Waals surface area contributed by atoms with Gasteiger partial charge in [-0.1, -0.05) is 0 Å². The molecular formula is C10H8N2O3. The first-order chi connectivity index (χ1) is 7.24. The molecule has 1 amide bonds. The molecule has 5 nitrogen and oxygen atoms in total. The number of nitrogens with zero attached hydrogens (tertiary/aromatic N) is 1. The Kier molecular flexibility index (Phi) is 2.21. The minimum Gasteiger partial charge on any atom is -0.432 e. The number of carbonyl (C=O) groups excluding carboxylic acids is 2. The van der Waals surface area contributed by atoms with Crippen LogP contribution in [0.25, 0.3) is 11.1 Å². The first-order valence-corrected chi connectivity index (χ1v) is 4.32. The van der Waals surface area contributed by atoms with E-state index in [4.69, 9.17) is 4.42 Å². The molecule has 2 aromatic rings. The summed E-state index contributed by atoms with van der Waals surface area (Å²) >= 11 is 0. The van der Waals surface area contributed by atoms with Crippen LogP contribution in [0.3, 0.4) is 0 Å². The molecule has 0 radical (unpaired) electrons. The number of carbonyl (C=O) groups is 2. The fourth-order valence-electron chi connectivity index (χ4n) is 1.38. The highest BCUT2D eigenvalue weighted by Gasteiger charge is 2.17. The topological polar surface area (TPSA) is 72.2 Å². The summed E-state index contributed by atoms with van der Waals surface area (Å²) in [6, 6.07) is 3.43. The van der Waals surface area contributed by atoms with Crippen LogP contribution < -0.4 is 5.32 Å². The number of Topliss-reactive ketones (excluding diaryl/α,β-unsaturated/α-hetero) is 1. The molecule has 2 rings (SSSR count). The van der Waals surface area contributed by atoms with Gasteiger partial charge in [0.1, 0.15) is 5.69 Å². The zero-order valence-corrected chi connectivity index (χ0v) is 7.98. The zero-order valence-electron chi connectivity index (χ0n) is 7.98. The number of ketones is 1. The molecule has 0 aliphatic carbocycles. The molecule has 76 valence electrons. The summed E-state index contributed by atoms with van der Waals surface area (Å²) in [5.74, 6) is -0.131. The highest BCUT2D eigenvalue weighted by molar-refractivity contribution is 6.07. The van der Waals surface area contributed by atoms with Crippen molar-refractivity contribution in [3.8, 4) is 0 Å². The maximum Gasteiger partial charge on any atom is 0.229 e. The van der Waals surface area contributed by atoms with E-state index in [0.717, 1.165) is 0 Å². The third-order valence-electron chi connectivity index (χ3n) is 1.99. The lowest BCUT2D eigenvalue weighted by atomic mass is 10.2. The molecule has 0 aliphatic heterocycles. The average Bonchev–Trinajstić information content (AvgIpc) is 2.58. The van der Waals surface area contributed by atoms with Crippen LogP contribution in [0.4, 0.5) is 5.69 Å². The molecular weight excluding hydrogens is 196 g/mol. The molecule has 2 aromatic heterocycles. The maximum atomic E-state index is 11.2. The van der Waals surface area contributed by atoms with E-state index >= 15 is 0 Å². The lowest BCUT2D eigenvalue weighted by molar-refractivity contribution is -0.105. The summed E-state index contributed by atoms with van der Waals surface area (Å²) in [5.41, 5.74) is 0.715. The van der Waals surface area contributed by atoms with Crippen LogP contribution in [0.15, 0.2) is 22.7 Å². The summed E-state index contributed by atoms with van der Waals surface area (Å²) in [7, 11) is 0. The number of fused-ring (bicyclic) bond motifs is 1. The molecule has 0 unspecified atom stereocenters. The molecule has 0 saturated carbocycles. The molecule has 2 heterocycles. The third-order valence-corrected chi connectivity index (χ3v) is 1.99. The van der Waals surface area contributed by atoms with Crippen LogP contribution in [0.2, 0.25) is 0 Å². The molecule has 15 heavy (non-hydrogen) atoms. The Morgan fingerprint density at radius 3 is 3.07 bits per heavy atom. The number of amides is 1. The summed E-state index contributed by atoms with van der Waals surface area (Å²) < 4.78 is 5.23. The molecule has 0 bridgehead atoms. The Morgan fingerprint density at radius 1 is 1.60 bits per heavy atom. The minimum absolute atomic E-state index is 0.121. The van der Waals surface area contributed by atoms with Gasteiger partial charge in [-0.2, -0.15) is 0 Å². The van der Waals surface area contributed by atoms with E-state index in [1.807, 2.05) is 0 Å². The summed E-state index contributed by atoms with van der Waals surface area (Å²) in [6.07, 6.45) is 2.06. The van der Waals surface area contributed by atoms with Crippen molar-refractivity contribution < 1.29 is 14.0 Å². The maximum absolute atomic E-state index is 11.2. The second-order valence-electron chi connectivity index (χ2n) is 2.98. The molecule has 0 fully saturated rings. The van der Waals surface area contributed by atoms with Gasteiger partial charge in [-0.25, -0.2) is 4.98 Å². The number of furan rings is 1. The largest absolute Gasteiger partial charge is 0.432 e. The summed E-state index contributed by atoms with van der Waals surface area (Å²) in [5, 5.41) is 3.07. The molecule has 0 saturated heterocycles. The first kappa shape index (κ1) is 9.39. The second kappa shape index (κ2) is 3.53. The monoisotopic (exact) mass is 204 g/mol. The van der Waals surface area contributed by atoms with E-state index in [-0.39, 0.29) is 11.5 Å². The summed E-state index contributed by atoms with van der Waals surface area (Å²) in [4.78, 5) is 25.6. The van der Waals surface area contributed by atoms with Crippen molar-refractivity contribution in [1.82, 2.24) is 4.98 Å². The van der Waals surface area contributed by atoms with Crippen molar-refractivity contribution in [3.05, 3.63) is 24.1 Å². The van der Waals surface area contributed by atoms with Crippen LogP contribution >= 0.6 is 0 Å². The lowest BCUT2D eigenvalue weighted by Crippen LogP contribution is -1.99. The highest BCUT2D eigenvalue weighted by atomic mass is 16.4. The number of rotatable bonds is 3. The molecule has 0 aromatic carbocycles. The van der Waals surface area contributed by atoms with Crippen LogP contribution in [-0.2, 0) is 4.79 Å². The van der Waals surface area contributed by atoms with Gasteiger partial charge >= 0.3 is 0 Å². The number of hydrogen-bond acceptors (Lipinski definition) is 4. The van der Waals surface area contributed by atoms with Gasteiger partial charge in [0, 0.05) is 13.1 Å². The Labute approximate surface area is 85.1 Å². The smallest absolute Gasteiger partial charge is 0.229 e. The van der Waals surface area contributed by atoms with Gasteiger partial charge in [0.05, 0.1) is 5.39 Å². The Bertz CT molecular complexity index is 530. The molecule has 0 atom stereocenters. The number of hydrogen-bond donors (Lipinski definition) is 1. The van der Waals surface area contributed by atoms with Gasteiger partial charge in [0.2, 0.25) is 12.1 Å². The Hall–Kier alpha value is -2.17. The van der Waals surface area contributed by atoms with Crippen molar-refractivity contribution in [2.45, 2.75) is 6.92 Å². The number of anilines is 1. The highest BCUT2D eigenvalue weighted by Crippen LogP contribution is 2.29. The zero-order chi connectivity index (χ0) is 10.8. The van der Waals surface area contributed by atoms with E-state index in [0.29, 0.717) is 23.2 Å².